The van der Waals surface area contributed by atoms with Crippen LogP contribution in [0.3, 0.4) is 0 Å². The number of aliphatic carboxylic acids is 1. The Morgan fingerprint density at radius 2 is 2.44 bits per heavy atom. The molecule has 0 heterocycles. The van der Waals surface area contributed by atoms with Gasteiger partial charge < -0.3 is 10.4 Å². The first-order valence-corrected chi connectivity index (χ1v) is 2.67. The molecule has 0 aliphatic carbocycles. The summed E-state index contributed by atoms with van der Waals surface area (Å²) in [7, 11) is 1.58. The van der Waals surface area contributed by atoms with Gasteiger partial charge in [-0.15, -0.1) is 0 Å². The molecule has 0 aromatic heterocycles. The quantitative estimate of drug-likeness (QED) is 0.571. The molecule has 0 bridgehead atoms. The van der Waals surface area contributed by atoms with Gasteiger partial charge in [-0.3, -0.25) is 4.79 Å². The lowest BCUT2D eigenvalue weighted by Gasteiger charge is -2.01. The van der Waals surface area contributed by atoms with Crippen molar-refractivity contribution in [2.75, 3.05) is 13.6 Å². The Morgan fingerprint density at radius 3 is 2.78 bits per heavy atom. The molecule has 0 spiro atoms. The fourth-order valence-corrected chi connectivity index (χ4v) is 0.483. The third-order valence-electron chi connectivity index (χ3n) is 0.822. The average molecular weight is 135 g/mol. The Labute approximate surface area is 52.9 Å². The fourth-order valence-electron chi connectivity index (χ4n) is 0.483. The van der Waals surface area contributed by atoms with Crippen LogP contribution in [0, 0.1) is 0 Å². The molecule has 0 saturated carbocycles. The van der Waals surface area contributed by atoms with E-state index in [1.54, 1.807) is 7.05 Å². The van der Waals surface area contributed by atoms with Crippen LogP contribution >= 0.6 is 0 Å². The van der Waals surface area contributed by atoms with Gasteiger partial charge in [-0.2, -0.15) is 0 Å². The molecule has 2 N–H and O–H groups in total. The van der Waals surface area contributed by atoms with E-state index in [-0.39, 0.29) is 6.54 Å². The minimum absolute atomic E-state index is 0.103. The first kappa shape index (κ1) is 8.36. The van der Waals surface area contributed by atoms with E-state index >= 15 is 0 Å². The van der Waals surface area contributed by atoms with Crippen LogP contribution in [0.5, 0.6) is 0 Å². The maximum absolute atomic E-state index is 12.2. The third-order valence-corrected chi connectivity index (χ3v) is 0.822. The van der Waals surface area contributed by atoms with Crippen LogP contribution in [0.15, 0.2) is 0 Å². The monoisotopic (exact) mass is 135 g/mol. The smallest absolute Gasteiger partial charge is 0.306 e. The van der Waals surface area contributed by atoms with E-state index in [9.17, 15) is 9.18 Å². The van der Waals surface area contributed by atoms with Crippen molar-refractivity contribution in [2.24, 2.45) is 0 Å². The van der Waals surface area contributed by atoms with Gasteiger partial charge in [-0.1, -0.05) is 0 Å². The molecule has 0 radical (unpaired) electrons. The van der Waals surface area contributed by atoms with Crippen LogP contribution in [0.25, 0.3) is 0 Å². The van der Waals surface area contributed by atoms with Crippen molar-refractivity contribution in [1.29, 1.82) is 0 Å². The molecule has 3 nitrogen and oxygen atoms in total. The Morgan fingerprint density at radius 1 is 1.89 bits per heavy atom. The Bertz CT molecular complexity index is 97.0. The number of rotatable bonds is 4. The molecule has 0 unspecified atom stereocenters. The summed E-state index contributed by atoms with van der Waals surface area (Å²) < 4.78 is 12.2. The normalized spacial score (nSPS) is 13.1. The second-order valence-corrected chi connectivity index (χ2v) is 1.75. The van der Waals surface area contributed by atoms with Crippen molar-refractivity contribution in [3.8, 4) is 0 Å². The number of nitrogens with one attached hydrogen (secondary N) is 1. The number of carboxylic acid groups (broad SMARTS) is 1. The molecule has 9 heavy (non-hydrogen) atoms. The molecule has 1 atom stereocenters. The predicted octanol–water partition coefficient (Wildman–Crippen LogP) is 0.0186. The summed E-state index contributed by atoms with van der Waals surface area (Å²) in [6, 6.07) is 0. The predicted molar refractivity (Wildman–Crippen MR) is 31.1 cm³/mol. The molecule has 0 fully saturated rings. The largest absolute Gasteiger partial charge is 0.481 e. The van der Waals surface area contributed by atoms with Gasteiger partial charge in [0.05, 0.1) is 6.42 Å². The van der Waals surface area contributed by atoms with Gasteiger partial charge in [0.25, 0.3) is 0 Å². The molecule has 0 rings (SSSR count). The van der Waals surface area contributed by atoms with Gasteiger partial charge >= 0.3 is 5.97 Å². The topological polar surface area (TPSA) is 49.3 Å². The molecule has 0 aliphatic rings. The van der Waals surface area contributed by atoms with Crippen molar-refractivity contribution >= 4 is 5.97 Å². The standard InChI is InChI=1S/C5H10FNO2/c1-7-3-4(6)2-5(8)9/h4,7H,2-3H2,1H3,(H,8,9)/t4-/m0/s1. The maximum atomic E-state index is 12.2. The van der Waals surface area contributed by atoms with E-state index in [0.717, 1.165) is 0 Å². The Kier molecular flexibility index (Phi) is 3.96. The summed E-state index contributed by atoms with van der Waals surface area (Å²) in [6.07, 6.45) is -1.69. The molecule has 0 aromatic rings. The van der Waals surface area contributed by atoms with E-state index in [1.165, 1.54) is 0 Å². The summed E-state index contributed by atoms with van der Waals surface area (Å²) in [5.41, 5.74) is 0. The zero-order valence-electron chi connectivity index (χ0n) is 5.22. The lowest BCUT2D eigenvalue weighted by Crippen LogP contribution is -2.22. The van der Waals surface area contributed by atoms with Crippen LogP contribution < -0.4 is 5.32 Å². The van der Waals surface area contributed by atoms with Gasteiger partial charge in [0.2, 0.25) is 0 Å². The molecule has 0 saturated heterocycles. The summed E-state index contributed by atoms with van der Waals surface area (Å²) in [4.78, 5) is 9.82. The zero-order chi connectivity index (χ0) is 7.28. The second-order valence-electron chi connectivity index (χ2n) is 1.75. The van der Waals surface area contributed by atoms with Crippen LogP contribution in [0.1, 0.15) is 6.42 Å². The molecular weight excluding hydrogens is 125 g/mol. The number of hydrogen-bond donors (Lipinski definition) is 2. The Balaban J connectivity index is 3.26. The van der Waals surface area contributed by atoms with Gasteiger partial charge in [-0.25, -0.2) is 4.39 Å². The van der Waals surface area contributed by atoms with Crippen LogP contribution in [-0.2, 0) is 4.79 Å². The molecule has 4 heteroatoms. The second kappa shape index (κ2) is 4.26. The molecular formula is C5H10FNO2. The van der Waals surface area contributed by atoms with Crippen molar-refractivity contribution < 1.29 is 14.3 Å². The first-order chi connectivity index (χ1) is 4.16. The number of carbonyl (C=O) groups is 1. The van der Waals surface area contributed by atoms with E-state index in [4.69, 9.17) is 5.11 Å². The molecule has 0 aliphatic heterocycles. The summed E-state index contributed by atoms with van der Waals surface area (Å²) in [5, 5.41) is 10.6. The lowest BCUT2D eigenvalue weighted by molar-refractivity contribution is -0.138. The number of alkyl halides is 1. The van der Waals surface area contributed by atoms with E-state index in [0.29, 0.717) is 0 Å². The summed E-state index contributed by atoms with van der Waals surface area (Å²) >= 11 is 0. The van der Waals surface area contributed by atoms with Gasteiger partial charge in [0.15, 0.2) is 0 Å². The number of halogens is 1. The van der Waals surface area contributed by atoms with Crippen molar-refractivity contribution in [3.05, 3.63) is 0 Å². The van der Waals surface area contributed by atoms with Crippen LogP contribution in [-0.4, -0.2) is 30.8 Å². The summed E-state index contributed by atoms with van der Waals surface area (Å²) in [5.74, 6) is -1.10. The highest BCUT2D eigenvalue weighted by Crippen LogP contribution is 1.94. The fraction of sp³-hybridized carbons (Fsp3) is 0.800. The highest BCUT2D eigenvalue weighted by atomic mass is 19.1. The van der Waals surface area contributed by atoms with Crippen molar-refractivity contribution in [3.63, 3.8) is 0 Å². The zero-order valence-corrected chi connectivity index (χ0v) is 5.22. The van der Waals surface area contributed by atoms with E-state index in [2.05, 4.69) is 5.32 Å². The third kappa shape index (κ3) is 5.23. The number of carboxylic acids is 1. The van der Waals surface area contributed by atoms with Crippen LogP contribution in [0.2, 0.25) is 0 Å². The lowest BCUT2D eigenvalue weighted by atomic mass is 10.3. The highest BCUT2D eigenvalue weighted by molar-refractivity contribution is 5.67. The average Bonchev–Trinajstić information content (AvgIpc) is 1.63. The van der Waals surface area contributed by atoms with Crippen molar-refractivity contribution in [1.82, 2.24) is 5.32 Å². The van der Waals surface area contributed by atoms with Gasteiger partial charge in [-0.05, 0) is 7.05 Å². The summed E-state index contributed by atoms with van der Waals surface area (Å²) in [6.45, 7) is 0.103. The Hall–Kier alpha value is -0.640. The number of hydrogen-bond acceptors (Lipinski definition) is 2. The van der Waals surface area contributed by atoms with Gasteiger partial charge in [0, 0.05) is 6.54 Å². The molecule has 54 valence electrons. The minimum atomic E-state index is -1.27. The van der Waals surface area contributed by atoms with E-state index < -0.39 is 18.6 Å². The minimum Gasteiger partial charge on any atom is -0.481 e. The maximum Gasteiger partial charge on any atom is 0.306 e. The molecule has 0 aromatic carbocycles. The highest BCUT2D eigenvalue weighted by Gasteiger charge is 2.08. The van der Waals surface area contributed by atoms with E-state index in [1.807, 2.05) is 0 Å². The van der Waals surface area contributed by atoms with Crippen molar-refractivity contribution in [2.45, 2.75) is 12.6 Å². The SMILES string of the molecule is CNC[C@@H](F)CC(=O)O. The van der Waals surface area contributed by atoms with Crippen LogP contribution in [0.4, 0.5) is 4.39 Å². The molecule has 0 amide bonds. The first-order valence-electron chi connectivity index (χ1n) is 2.67. The van der Waals surface area contributed by atoms with Gasteiger partial charge in [0.1, 0.15) is 6.17 Å².